The number of likely N-dealkylation sites (N-methyl/N-ethyl adjacent to an activating group) is 1. The summed E-state index contributed by atoms with van der Waals surface area (Å²) in [7, 11) is 3.87. The van der Waals surface area contributed by atoms with Crippen molar-refractivity contribution in [2.45, 2.75) is 31.9 Å². The van der Waals surface area contributed by atoms with Gasteiger partial charge in [0.1, 0.15) is 0 Å². The highest BCUT2D eigenvalue weighted by atomic mass is 16.3. The molecule has 0 aliphatic heterocycles. The van der Waals surface area contributed by atoms with Gasteiger partial charge in [-0.25, -0.2) is 0 Å². The van der Waals surface area contributed by atoms with Crippen LogP contribution < -0.4 is 5.32 Å². The first-order valence-corrected chi connectivity index (χ1v) is 5.06. The normalized spacial score (nSPS) is 14.8. The fraction of sp³-hybridized carbons (Fsp3) is 1.00. The molecule has 0 aliphatic carbocycles. The maximum absolute atomic E-state index is 9.58. The van der Waals surface area contributed by atoms with Crippen molar-refractivity contribution in [3.05, 3.63) is 0 Å². The van der Waals surface area contributed by atoms with Gasteiger partial charge in [-0.1, -0.05) is 0 Å². The Hall–Kier alpha value is -0.160. The number of hydrogen-bond acceptors (Lipinski definition) is 4. The molecule has 0 aliphatic rings. The van der Waals surface area contributed by atoms with Crippen LogP contribution in [0.2, 0.25) is 0 Å². The largest absolute Gasteiger partial charge is 0.396 e. The van der Waals surface area contributed by atoms with Crippen LogP contribution in [0.3, 0.4) is 0 Å². The van der Waals surface area contributed by atoms with Crippen molar-refractivity contribution in [3.63, 3.8) is 0 Å². The lowest BCUT2D eigenvalue weighted by atomic mass is 10.0. The van der Waals surface area contributed by atoms with E-state index in [0.29, 0.717) is 19.5 Å². The third kappa shape index (κ3) is 7.26. The third-order valence-corrected chi connectivity index (χ3v) is 2.13. The molecule has 0 aromatic carbocycles. The lowest BCUT2D eigenvalue weighted by Crippen LogP contribution is -2.46. The minimum Gasteiger partial charge on any atom is -0.396 e. The Morgan fingerprint density at radius 2 is 1.93 bits per heavy atom. The molecule has 4 heteroatoms. The second-order valence-corrected chi connectivity index (χ2v) is 4.65. The van der Waals surface area contributed by atoms with E-state index in [4.69, 9.17) is 5.11 Å². The van der Waals surface area contributed by atoms with E-state index in [-0.39, 0.29) is 18.2 Å². The molecule has 4 nitrogen and oxygen atoms in total. The number of aliphatic hydroxyl groups excluding tert-OH is 2. The molecular weight excluding hydrogens is 180 g/mol. The monoisotopic (exact) mass is 204 g/mol. The minimum absolute atomic E-state index is 0.109. The van der Waals surface area contributed by atoms with E-state index >= 15 is 0 Å². The standard InChI is InChI=1S/C10H24N2O2/c1-10(2,5-6-13)11-7-9(14)8-12(3)4/h9,11,13-14H,5-8H2,1-4H3. The molecule has 0 heterocycles. The van der Waals surface area contributed by atoms with Gasteiger partial charge in [0.15, 0.2) is 0 Å². The molecule has 0 rings (SSSR count). The average Bonchev–Trinajstić information content (AvgIpc) is 2.00. The van der Waals surface area contributed by atoms with Gasteiger partial charge in [0, 0.05) is 25.2 Å². The van der Waals surface area contributed by atoms with Gasteiger partial charge in [0.05, 0.1) is 6.10 Å². The zero-order valence-electron chi connectivity index (χ0n) is 9.75. The number of hydrogen-bond donors (Lipinski definition) is 3. The molecule has 1 atom stereocenters. The molecular formula is C10H24N2O2. The predicted molar refractivity (Wildman–Crippen MR) is 58.3 cm³/mol. The van der Waals surface area contributed by atoms with Crippen LogP contribution >= 0.6 is 0 Å². The predicted octanol–water partition coefficient (Wildman–Crippen LogP) is -0.340. The van der Waals surface area contributed by atoms with Gasteiger partial charge in [-0.05, 0) is 34.4 Å². The van der Waals surface area contributed by atoms with Crippen molar-refractivity contribution in [2.24, 2.45) is 0 Å². The number of aliphatic hydroxyl groups is 2. The zero-order chi connectivity index (χ0) is 11.2. The first kappa shape index (κ1) is 13.8. The van der Waals surface area contributed by atoms with Crippen LogP contribution in [0.25, 0.3) is 0 Å². The van der Waals surface area contributed by atoms with Gasteiger partial charge in [0.2, 0.25) is 0 Å². The van der Waals surface area contributed by atoms with Crippen LogP contribution in [0.5, 0.6) is 0 Å². The molecule has 0 fully saturated rings. The first-order chi connectivity index (χ1) is 6.37. The zero-order valence-corrected chi connectivity index (χ0v) is 9.75. The highest BCUT2D eigenvalue weighted by Crippen LogP contribution is 2.06. The summed E-state index contributed by atoms with van der Waals surface area (Å²) in [5, 5.41) is 21.6. The average molecular weight is 204 g/mol. The van der Waals surface area contributed by atoms with Crippen LogP contribution in [0.4, 0.5) is 0 Å². The summed E-state index contributed by atoms with van der Waals surface area (Å²) in [6.07, 6.45) is 0.338. The fourth-order valence-electron chi connectivity index (χ4n) is 1.25. The van der Waals surface area contributed by atoms with E-state index in [0.717, 1.165) is 0 Å². The van der Waals surface area contributed by atoms with Crippen molar-refractivity contribution in [1.82, 2.24) is 10.2 Å². The van der Waals surface area contributed by atoms with Gasteiger partial charge in [-0.15, -0.1) is 0 Å². The van der Waals surface area contributed by atoms with Crippen molar-refractivity contribution in [2.75, 3.05) is 33.8 Å². The first-order valence-electron chi connectivity index (χ1n) is 5.06. The highest BCUT2D eigenvalue weighted by molar-refractivity contribution is 4.78. The summed E-state index contributed by atoms with van der Waals surface area (Å²) in [6, 6.07) is 0. The molecule has 0 amide bonds. The van der Waals surface area contributed by atoms with Crippen LogP contribution in [0.15, 0.2) is 0 Å². The second kappa shape index (κ2) is 6.35. The van der Waals surface area contributed by atoms with E-state index in [1.165, 1.54) is 0 Å². The van der Waals surface area contributed by atoms with Gasteiger partial charge in [-0.2, -0.15) is 0 Å². The summed E-state index contributed by atoms with van der Waals surface area (Å²) < 4.78 is 0. The van der Waals surface area contributed by atoms with E-state index in [2.05, 4.69) is 5.32 Å². The number of nitrogens with zero attached hydrogens (tertiary/aromatic N) is 1. The molecule has 86 valence electrons. The second-order valence-electron chi connectivity index (χ2n) is 4.65. The van der Waals surface area contributed by atoms with Crippen LogP contribution in [0, 0.1) is 0 Å². The smallest absolute Gasteiger partial charge is 0.0791 e. The van der Waals surface area contributed by atoms with Crippen molar-refractivity contribution in [1.29, 1.82) is 0 Å². The molecule has 0 spiro atoms. The molecule has 0 aromatic rings. The summed E-state index contributed by atoms with van der Waals surface area (Å²) in [5.74, 6) is 0. The quantitative estimate of drug-likeness (QED) is 0.531. The number of β-amino-alcohol motifs (C(OH)–C–C–N with tert-alkyl or cyclic N) is 1. The molecule has 14 heavy (non-hydrogen) atoms. The molecule has 1 unspecified atom stereocenters. The highest BCUT2D eigenvalue weighted by Gasteiger charge is 2.17. The number of nitrogens with one attached hydrogen (secondary N) is 1. The summed E-state index contributed by atoms with van der Waals surface area (Å²) in [4.78, 5) is 1.95. The molecule has 0 bridgehead atoms. The number of rotatable bonds is 7. The minimum atomic E-state index is -0.358. The van der Waals surface area contributed by atoms with Gasteiger partial charge < -0.3 is 20.4 Å². The lowest BCUT2D eigenvalue weighted by Gasteiger charge is -2.27. The Kier molecular flexibility index (Phi) is 6.27. The SMILES string of the molecule is CN(C)CC(O)CNC(C)(C)CCO. The lowest BCUT2D eigenvalue weighted by molar-refractivity contribution is 0.121. The molecule has 0 saturated carbocycles. The molecule has 0 aromatic heterocycles. The van der Waals surface area contributed by atoms with Gasteiger partial charge >= 0.3 is 0 Å². The van der Waals surface area contributed by atoms with Gasteiger partial charge in [-0.3, -0.25) is 0 Å². The van der Waals surface area contributed by atoms with Gasteiger partial charge in [0.25, 0.3) is 0 Å². The van der Waals surface area contributed by atoms with Crippen LogP contribution in [-0.4, -0.2) is 60.5 Å². The maximum Gasteiger partial charge on any atom is 0.0791 e. The van der Waals surface area contributed by atoms with E-state index < -0.39 is 0 Å². The van der Waals surface area contributed by atoms with E-state index in [1.54, 1.807) is 0 Å². The van der Waals surface area contributed by atoms with Crippen molar-refractivity contribution >= 4 is 0 Å². The Labute approximate surface area is 86.9 Å². The third-order valence-electron chi connectivity index (χ3n) is 2.13. The molecule has 0 saturated heterocycles. The Bertz CT molecular complexity index is 149. The summed E-state index contributed by atoms with van der Waals surface area (Å²) >= 11 is 0. The maximum atomic E-state index is 9.58. The summed E-state index contributed by atoms with van der Waals surface area (Å²) in [6.45, 7) is 5.42. The van der Waals surface area contributed by atoms with Crippen LogP contribution in [0.1, 0.15) is 20.3 Å². The van der Waals surface area contributed by atoms with Crippen LogP contribution in [-0.2, 0) is 0 Å². The Morgan fingerprint density at radius 1 is 1.36 bits per heavy atom. The fourth-order valence-corrected chi connectivity index (χ4v) is 1.25. The Balaban J connectivity index is 3.69. The molecule has 3 N–H and O–H groups in total. The van der Waals surface area contributed by atoms with Crippen molar-refractivity contribution < 1.29 is 10.2 Å². The molecule has 0 radical (unpaired) electrons. The summed E-state index contributed by atoms with van der Waals surface area (Å²) in [5.41, 5.74) is -0.109. The Morgan fingerprint density at radius 3 is 2.36 bits per heavy atom. The van der Waals surface area contributed by atoms with E-state index in [9.17, 15) is 5.11 Å². The van der Waals surface area contributed by atoms with E-state index in [1.807, 2.05) is 32.8 Å². The van der Waals surface area contributed by atoms with Crippen molar-refractivity contribution in [3.8, 4) is 0 Å². The topological polar surface area (TPSA) is 55.7 Å².